The van der Waals surface area contributed by atoms with Gasteiger partial charge in [-0.1, -0.05) is 24.3 Å². The second-order valence-electron chi connectivity index (χ2n) is 7.27. The zero-order valence-electron chi connectivity index (χ0n) is 15.7. The number of piperidine rings is 1. The fraction of sp³-hybridized carbons (Fsp3) is 0.409. The summed E-state index contributed by atoms with van der Waals surface area (Å²) in [5.74, 6) is 0.439. The number of rotatable bonds is 5. The van der Waals surface area contributed by atoms with Crippen LogP contribution in [0.5, 0.6) is 5.75 Å². The highest BCUT2D eigenvalue weighted by Gasteiger charge is 2.28. The number of aromatic hydroxyl groups is 1. The maximum Gasteiger partial charge on any atom is 0.256 e. The summed E-state index contributed by atoms with van der Waals surface area (Å²) in [4.78, 5) is 17.3. The van der Waals surface area contributed by atoms with E-state index in [2.05, 4.69) is 4.90 Å². The number of hydrogen-bond acceptors (Lipinski definition) is 3. The lowest BCUT2D eigenvalue weighted by atomic mass is 9.94. The van der Waals surface area contributed by atoms with Crippen LogP contribution >= 0.6 is 0 Å². The normalized spacial score (nSPS) is 17.2. The maximum absolute atomic E-state index is 13.3. The van der Waals surface area contributed by atoms with Gasteiger partial charge in [-0.3, -0.25) is 4.79 Å². The lowest BCUT2D eigenvalue weighted by Gasteiger charge is -2.36. The van der Waals surface area contributed by atoms with Crippen molar-refractivity contribution in [3.05, 3.63) is 59.7 Å². The van der Waals surface area contributed by atoms with Gasteiger partial charge in [0.25, 0.3) is 5.91 Å². The second-order valence-corrected chi connectivity index (χ2v) is 7.27. The molecular formula is C22H28N2O2. The molecule has 0 aromatic heterocycles. The number of likely N-dealkylation sites (tertiary alicyclic amines) is 1. The molecule has 1 saturated heterocycles. The Balaban J connectivity index is 1.75. The van der Waals surface area contributed by atoms with E-state index in [1.165, 1.54) is 6.42 Å². The minimum absolute atomic E-state index is 0.134. The molecule has 1 N–H and O–H groups in total. The van der Waals surface area contributed by atoms with Gasteiger partial charge in [0, 0.05) is 32.4 Å². The Morgan fingerprint density at radius 1 is 1.15 bits per heavy atom. The standard InChI is InChI=1S/C22H28N2O2/c1-23(2)21-12-4-3-11-20(21)22(26)24-15-6-5-9-18(24)14-13-17-8-7-10-19(25)16-17/h3-4,7-8,10-12,16,18,25H,5-6,9,13-15H2,1-2H3. The van der Waals surface area contributed by atoms with Gasteiger partial charge in [0.05, 0.1) is 5.56 Å². The molecular weight excluding hydrogens is 324 g/mol. The van der Waals surface area contributed by atoms with Gasteiger partial charge in [-0.15, -0.1) is 0 Å². The van der Waals surface area contributed by atoms with Gasteiger partial charge in [-0.2, -0.15) is 0 Å². The highest BCUT2D eigenvalue weighted by Crippen LogP contribution is 2.27. The molecule has 1 amide bonds. The van der Waals surface area contributed by atoms with E-state index in [1.54, 1.807) is 6.07 Å². The van der Waals surface area contributed by atoms with Gasteiger partial charge in [-0.05, 0) is 61.9 Å². The van der Waals surface area contributed by atoms with E-state index in [9.17, 15) is 9.90 Å². The van der Waals surface area contributed by atoms with Crippen LogP contribution in [0.1, 0.15) is 41.6 Å². The number of benzene rings is 2. The molecule has 1 aliphatic rings. The molecule has 0 saturated carbocycles. The summed E-state index contributed by atoms with van der Waals surface area (Å²) in [7, 11) is 3.95. The third-order valence-electron chi connectivity index (χ3n) is 5.18. The number of hydrogen-bond donors (Lipinski definition) is 1. The van der Waals surface area contributed by atoms with Crippen molar-refractivity contribution in [1.82, 2.24) is 4.90 Å². The number of aryl methyl sites for hydroxylation is 1. The van der Waals surface area contributed by atoms with E-state index < -0.39 is 0 Å². The van der Waals surface area contributed by atoms with Crippen LogP contribution < -0.4 is 4.90 Å². The molecule has 1 aliphatic heterocycles. The SMILES string of the molecule is CN(C)c1ccccc1C(=O)N1CCCCC1CCc1cccc(O)c1. The lowest BCUT2D eigenvalue weighted by molar-refractivity contribution is 0.0602. The smallest absolute Gasteiger partial charge is 0.256 e. The Morgan fingerprint density at radius 3 is 2.73 bits per heavy atom. The Hall–Kier alpha value is -2.49. The van der Waals surface area contributed by atoms with Crippen molar-refractivity contribution in [3.63, 3.8) is 0 Å². The van der Waals surface area contributed by atoms with E-state index in [-0.39, 0.29) is 11.9 Å². The Morgan fingerprint density at radius 2 is 1.96 bits per heavy atom. The molecule has 0 bridgehead atoms. The summed E-state index contributed by atoms with van der Waals surface area (Å²) in [5, 5.41) is 9.65. The number of phenols is 1. The van der Waals surface area contributed by atoms with Crippen molar-refractivity contribution in [2.75, 3.05) is 25.5 Å². The van der Waals surface area contributed by atoms with E-state index in [4.69, 9.17) is 0 Å². The Labute approximate surface area is 156 Å². The quantitative estimate of drug-likeness (QED) is 0.881. The van der Waals surface area contributed by atoms with E-state index in [0.29, 0.717) is 5.75 Å². The number of anilines is 1. The molecule has 4 nitrogen and oxygen atoms in total. The third-order valence-corrected chi connectivity index (χ3v) is 5.18. The van der Waals surface area contributed by atoms with E-state index in [1.807, 2.05) is 61.5 Å². The predicted octanol–water partition coefficient (Wildman–Crippen LogP) is 4.09. The van der Waals surface area contributed by atoms with Crippen molar-refractivity contribution >= 4 is 11.6 Å². The highest BCUT2D eigenvalue weighted by molar-refractivity contribution is 6.00. The number of carbonyl (C=O) groups excluding carboxylic acids is 1. The molecule has 26 heavy (non-hydrogen) atoms. The molecule has 2 aromatic carbocycles. The number of para-hydroxylation sites is 1. The van der Waals surface area contributed by atoms with Crippen molar-refractivity contribution in [3.8, 4) is 5.75 Å². The molecule has 1 fully saturated rings. The number of carbonyl (C=O) groups is 1. The molecule has 0 radical (unpaired) electrons. The average molecular weight is 352 g/mol. The fourth-order valence-corrected chi connectivity index (χ4v) is 3.81. The van der Waals surface area contributed by atoms with Crippen LogP contribution in [0, 0.1) is 0 Å². The summed E-state index contributed by atoms with van der Waals surface area (Å²) in [6, 6.07) is 15.5. The average Bonchev–Trinajstić information content (AvgIpc) is 2.66. The van der Waals surface area contributed by atoms with Gasteiger partial charge >= 0.3 is 0 Å². The maximum atomic E-state index is 13.3. The van der Waals surface area contributed by atoms with Crippen LogP contribution in [0.15, 0.2) is 48.5 Å². The fourth-order valence-electron chi connectivity index (χ4n) is 3.81. The Bertz CT molecular complexity index is 757. The van der Waals surface area contributed by atoms with Crippen molar-refractivity contribution in [2.24, 2.45) is 0 Å². The van der Waals surface area contributed by atoms with Gasteiger partial charge in [-0.25, -0.2) is 0 Å². The largest absolute Gasteiger partial charge is 0.508 e. The van der Waals surface area contributed by atoms with Crippen LogP contribution in [0.4, 0.5) is 5.69 Å². The van der Waals surface area contributed by atoms with Gasteiger partial charge < -0.3 is 14.9 Å². The van der Waals surface area contributed by atoms with Crippen molar-refractivity contribution in [2.45, 2.75) is 38.1 Å². The molecule has 3 rings (SSSR count). The molecule has 4 heteroatoms. The van der Waals surface area contributed by atoms with Crippen LogP contribution in [-0.2, 0) is 6.42 Å². The van der Waals surface area contributed by atoms with Crippen molar-refractivity contribution in [1.29, 1.82) is 0 Å². The molecule has 138 valence electrons. The summed E-state index contributed by atoms with van der Waals surface area (Å²) < 4.78 is 0. The zero-order chi connectivity index (χ0) is 18.5. The summed E-state index contributed by atoms with van der Waals surface area (Å²) >= 11 is 0. The molecule has 0 spiro atoms. The minimum Gasteiger partial charge on any atom is -0.508 e. The van der Waals surface area contributed by atoms with E-state index in [0.717, 1.165) is 49.0 Å². The van der Waals surface area contributed by atoms with Crippen LogP contribution in [0.3, 0.4) is 0 Å². The topological polar surface area (TPSA) is 43.8 Å². The minimum atomic E-state index is 0.134. The first-order valence-corrected chi connectivity index (χ1v) is 9.41. The predicted molar refractivity (Wildman–Crippen MR) is 106 cm³/mol. The second kappa shape index (κ2) is 8.26. The first-order valence-electron chi connectivity index (χ1n) is 9.41. The number of nitrogens with zero attached hydrogens (tertiary/aromatic N) is 2. The van der Waals surface area contributed by atoms with Gasteiger partial charge in [0.2, 0.25) is 0 Å². The molecule has 0 aliphatic carbocycles. The molecule has 2 aromatic rings. The summed E-state index contributed by atoms with van der Waals surface area (Å²) in [6.07, 6.45) is 5.09. The summed E-state index contributed by atoms with van der Waals surface area (Å²) in [6.45, 7) is 0.825. The molecule has 1 unspecified atom stereocenters. The van der Waals surface area contributed by atoms with Crippen molar-refractivity contribution < 1.29 is 9.90 Å². The first-order chi connectivity index (χ1) is 12.6. The first kappa shape index (κ1) is 18.3. The number of phenolic OH excluding ortho intramolecular Hbond substituents is 1. The molecule has 1 atom stereocenters. The summed E-state index contributed by atoms with van der Waals surface area (Å²) in [5.41, 5.74) is 2.87. The molecule has 1 heterocycles. The van der Waals surface area contributed by atoms with Gasteiger partial charge in [0.1, 0.15) is 5.75 Å². The zero-order valence-corrected chi connectivity index (χ0v) is 15.7. The third kappa shape index (κ3) is 4.18. The monoisotopic (exact) mass is 352 g/mol. The van der Waals surface area contributed by atoms with E-state index >= 15 is 0 Å². The van der Waals surface area contributed by atoms with Crippen LogP contribution in [-0.4, -0.2) is 42.6 Å². The lowest BCUT2D eigenvalue weighted by Crippen LogP contribution is -2.44. The number of amides is 1. The van der Waals surface area contributed by atoms with Crippen LogP contribution in [0.2, 0.25) is 0 Å². The Kier molecular flexibility index (Phi) is 5.82. The highest BCUT2D eigenvalue weighted by atomic mass is 16.3. The van der Waals surface area contributed by atoms with Gasteiger partial charge in [0.15, 0.2) is 0 Å². The van der Waals surface area contributed by atoms with Crippen LogP contribution in [0.25, 0.3) is 0 Å².